The van der Waals surface area contributed by atoms with Crippen LogP contribution in [-0.2, 0) is 4.79 Å². The van der Waals surface area contributed by atoms with Gasteiger partial charge in [-0.15, -0.1) is 11.3 Å². The molecule has 2 aromatic heterocycles. The molecular weight excluding hydrogens is 446 g/mol. The number of amides is 2. The van der Waals surface area contributed by atoms with Gasteiger partial charge in [0.05, 0.1) is 21.6 Å². The number of pyridine rings is 1. The van der Waals surface area contributed by atoms with E-state index in [1.807, 2.05) is 47.2 Å². The Hall–Kier alpha value is -3.91. The maximum absolute atomic E-state index is 12.2. The molecular formula is C26H25N5O2S. The third kappa shape index (κ3) is 4.08. The van der Waals surface area contributed by atoms with E-state index < -0.39 is 5.91 Å². The van der Waals surface area contributed by atoms with Crippen LogP contribution >= 0.6 is 11.3 Å². The molecule has 0 saturated carbocycles. The van der Waals surface area contributed by atoms with Crippen molar-refractivity contribution in [2.45, 2.75) is 12.8 Å². The maximum atomic E-state index is 12.2. The molecule has 8 heteroatoms. The molecule has 0 unspecified atom stereocenters. The first-order chi connectivity index (χ1) is 16.4. The summed E-state index contributed by atoms with van der Waals surface area (Å²) in [4.78, 5) is 31.8. The predicted octanol–water partition coefficient (Wildman–Crippen LogP) is 4.85. The Balaban J connectivity index is 1.39. The summed E-state index contributed by atoms with van der Waals surface area (Å²) in [6.45, 7) is 3.14. The molecule has 7 nitrogen and oxygen atoms in total. The number of benzene rings is 2. The molecule has 2 aromatic carbocycles. The largest absolute Gasteiger partial charge is 0.365 e. The zero-order chi connectivity index (χ0) is 23.8. The molecule has 172 valence electrons. The molecule has 0 aliphatic carbocycles. The number of hydrogen-bond acceptors (Lipinski definition) is 6. The van der Waals surface area contributed by atoms with Gasteiger partial charge in [0.15, 0.2) is 0 Å². The van der Waals surface area contributed by atoms with Crippen LogP contribution in [0.2, 0.25) is 0 Å². The first-order valence-electron chi connectivity index (χ1n) is 11.0. The highest BCUT2D eigenvalue weighted by Crippen LogP contribution is 2.36. The summed E-state index contributed by atoms with van der Waals surface area (Å²) in [7, 11) is 1.93. The van der Waals surface area contributed by atoms with E-state index in [0.717, 1.165) is 34.6 Å². The van der Waals surface area contributed by atoms with Crippen LogP contribution in [0.15, 0.2) is 66.2 Å². The molecule has 1 saturated heterocycles. The van der Waals surface area contributed by atoms with Gasteiger partial charge in [-0.2, -0.15) is 0 Å². The monoisotopic (exact) mass is 471 g/mol. The number of anilines is 4. The van der Waals surface area contributed by atoms with Gasteiger partial charge in [-0.1, -0.05) is 24.3 Å². The molecule has 5 rings (SSSR count). The third-order valence-corrected chi connectivity index (χ3v) is 7.26. The minimum atomic E-state index is -0.524. The summed E-state index contributed by atoms with van der Waals surface area (Å²) >= 11 is 1.66. The van der Waals surface area contributed by atoms with Crippen LogP contribution in [0.1, 0.15) is 28.8 Å². The molecule has 3 heterocycles. The van der Waals surface area contributed by atoms with E-state index in [0.29, 0.717) is 23.0 Å². The minimum Gasteiger partial charge on any atom is -0.365 e. The molecule has 1 aliphatic heterocycles. The first kappa shape index (κ1) is 21.9. The minimum absolute atomic E-state index is 0.121. The molecule has 34 heavy (non-hydrogen) atoms. The number of carbonyl (C=O) groups is 2. The van der Waals surface area contributed by atoms with Crippen molar-refractivity contribution >= 4 is 56.1 Å². The van der Waals surface area contributed by atoms with Crippen molar-refractivity contribution in [3.63, 3.8) is 0 Å². The van der Waals surface area contributed by atoms with E-state index >= 15 is 0 Å². The Kier molecular flexibility index (Phi) is 5.67. The smallest absolute Gasteiger partial charge is 0.252 e. The van der Waals surface area contributed by atoms with Crippen LogP contribution in [0.5, 0.6) is 0 Å². The lowest BCUT2D eigenvalue weighted by molar-refractivity contribution is -0.133. The summed E-state index contributed by atoms with van der Waals surface area (Å²) in [6.07, 6.45) is 1.52. The van der Waals surface area contributed by atoms with Crippen LogP contribution in [0.3, 0.4) is 0 Å². The zero-order valence-electron chi connectivity index (χ0n) is 19.0. The molecule has 0 radical (unpaired) electrons. The summed E-state index contributed by atoms with van der Waals surface area (Å²) < 4.78 is 1.14. The van der Waals surface area contributed by atoms with Crippen LogP contribution in [0.25, 0.3) is 10.1 Å². The van der Waals surface area contributed by atoms with Gasteiger partial charge in [-0.05, 0) is 40.6 Å². The fourth-order valence-corrected chi connectivity index (χ4v) is 5.23. The highest BCUT2D eigenvalue weighted by atomic mass is 32.1. The van der Waals surface area contributed by atoms with Crippen LogP contribution in [-0.4, -0.2) is 41.8 Å². The van der Waals surface area contributed by atoms with Gasteiger partial charge >= 0.3 is 0 Å². The number of carbonyl (C=O) groups excluding carboxylic acids is 2. The van der Waals surface area contributed by atoms with Crippen molar-refractivity contribution in [2.24, 2.45) is 5.73 Å². The molecule has 3 N–H and O–H groups in total. The second kappa shape index (κ2) is 8.79. The Morgan fingerprint density at radius 3 is 2.59 bits per heavy atom. The van der Waals surface area contributed by atoms with Crippen molar-refractivity contribution in [3.8, 4) is 0 Å². The highest BCUT2D eigenvalue weighted by Gasteiger charge is 2.29. The topological polar surface area (TPSA) is 91.6 Å². The third-order valence-electron chi connectivity index (χ3n) is 6.31. The van der Waals surface area contributed by atoms with Crippen molar-refractivity contribution in [1.29, 1.82) is 0 Å². The van der Waals surface area contributed by atoms with Gasteiger partial charge in [0.25, 0.3) is 5.91 Å². The van der Waals surface area contributed by atoms with Gasteiger partial charge in [0.2, 0.25) is 5.91 Å². The summed E-state index contributed by atoms with van der Waals surface area (Å²) in [6, 6.07) is 18.2. The van der Waals surface area contributed by atoms with E-state index in [4.69, 9.17) is 5.73 Å². The fourth-order valence-electron chi connectivity index (χ4n) is 4.28. The van der Waals surface area contributed by atoms with Crippen molar-refractivity contribution < 1.29 is 9.59 Å². The molecule has 0 atom stereocenters. The fraction of sp³-hybridized carbons (Fsp3) is 0.192. The Morgan fingerprint density at radius 2 is 1.88 bits per heavy atom. The lowest BCUT2D eigenvalue weighted by atomic mass is 9.91. The highest BCUT2D eigenvalue weighted by molar-refractivity contribution is 7.17. The van der Waals surface area contributed by atoms with Gasteiger partial charge in [0, 0.05) is 50.9 Å². The van der Waals surface area contributed by atoms with Gasteiger partial charge < -0.3 is 20.9 Å². The number of hydrogen-bond donors (Lipinski definition) is 2. The van der Waals surface area contributed by atoms with E-state index in [-0.39, 0.29) is 5.91 Å². The number of primary amides is 1. The SMILES string of the molecule is CC(=O)N1CC(c2ccc(Nc3cc(N(C)c4cccc5ccsc45)c(C(N)=O)cn3)cc2)C1. The van der Waals surface area contributed by atoms with Crippen molar-refractivity contribution in [2.75, 3.05) is 30.4 Å². The van der Waals surface area contributed by atoms with Crippen LogP contribution < -0.4 is 16.0 Å². The summed E-state index contributed by atoms with van der Waals surface area (Å²) in [5, 5.41) is 6.54. The predicted molar refractivity (Wildman–Crippen MR) is 137 cm³/mol. The van der Waals surface area contributed by atoms with Gasteiger partial charge in [-0.25, -0.2) is 4.98 Å². The Morgan fingerprint density at radius 1 is 1.12 bits per heavy atom. The van der Waals surface area contributed by atoms with E-state index in [1.54, 1.807) is 18.3 Å². The van der Waals surface area contributed by atoms with E-state index in [1.165, 1.54) is 11.8 Å². The van der Waals surface area contributed by atoms with E-state index in [2.05, 4.69) is 39.9 Å². The zero-order valence-corrected chi connectivity index (χ0v) is 19.8. The molecule has 0 spiro atoms. The quantitative estimate of drug-likeness (QED) is 0.419. The number of likely N-dealkylation sites (tertiary alicyclic amines) is 1. The van der Waals surface area contributed by atoms with Gasteiger partial charge in [-0.3, -0.25) is 9.59 Å². The van der Waals surface area contributed by atoms with Crippen LogP contribution in [0.4, 0.5) is 22.9 Å². The van der Waals surface area contributed by atoms with E-state index in [9.17, 15) is 9.59 Å². The number of aromatic nitrogens is 1. The second-order valence-electron chi connectivity index (χ2n) is 8.49. The number of fused-ring (bicyclic) bond motifs is 1. The molecule has 0 bridgehead atoms. The average molecular weight is 472 g/mol. The molecule has 1 aliphatic rings. The van der Waals surface area contributed by atoms with Crippen LogP contribution in [0, 0.1) is 0 Å². The Labute approximate surface area is 201 Å². The number of thiophene rings is 1. The lowest BCUT2D eigenvalue weighted by Crippen LogP contribution is -2.47. The normalized spacial score (nSPS) is 13.5. The number of nitrogens with one attached hydrogen (secondary N) is 1. The number of rotatable bonds is 6. The lowest BCUT2D eigenvalue weighted by Gasteiger charge is -2.39. The second-order valence-corrected chi connectivity index (χ2v) is 9.41. The van der Waals surface area contributed by atoms with Crippen molar-refractivity contribution in [1.82, 2.24) is 9.88 Å². The van der Waals surface area contributed by atoms with Gasteiger partial charge in [0.1, 0.15) is 5.82 Å². The maximum Gasteiger partial charge on any atom is 0.252 e. The standard InChI is InChI=1S/C26H25N5O2S/c1-16(32)31-14-19(15-31)17-6-8-20(9-7-17)29-24-12-23(21(13-28-24)26(27)33)30(2)22-5-3-4-18-10-11-34-25(18)22/h3-13,19H,14-15H2,1-2H3,(H2,27,33)(H,28,29). The van der Waals surface area contributed by atoms with Crippen molar-refractivity contribution in [3.05, 3.63) is 77.3 Å². The molecule has 4 aromatic rings. The first-order valence-corrected chi connectivity index (χ1v) is 11.9. The number of nitrogens with two attached hydrogens (primary N) is 1. The summed E-state index contributed by atoms with van der Waals surface area (Å²) in [5.74, 6) is 0.593. The summed E-state index contributed by atoms with van der Waals surface area (Å²) in [5.41, 5.74) is 9.81. The number of nitrogens with zero attached hydrogens (tertiary/aromatic N) is 3. The molecule has 1 fully saturated rings. The molecule has 2 amide bonds. The Bertz CT molecular complexity index is 1380. The average Bonchev–Trinajstić information content (AvgIpc) is 3.27.